The molecule has 0 aliphatic carbocycles. The molecule has 0 radical (unpaired) electrons. The SMILES string of the molecule is COCCCNc1ccc(N2CCCC(C)C2)cc1. The fourth-order valence-electron chi connectivity index (χ4n) is 2.66. The maximum atomic E-state index is 5.04. The van der Waals surface area contributed by atoms with Crippen LogP contribution in [-0.2, 0) is 4.74 Å². The number of rotatable bonds is 6. The Morgan fingerprint density at radius 1 is 1.32 bits per heavy atom. The van der Waals surface area contributed by atoms with Gasteiger partial charge in [-0.2, -0.15) is 0 Å². The van der Waals surface area contributed by atoms with Gasteiger partial charge in [-0.1, -0.05) is 6.92 Å². The zero-order valence-corrected chi connectivity index (χ0v) is 12.2. The zero-order chi connectivity index (χ0) is 13.5. The molecule has 1 aromatic carbocycles. The van der Waals surface area contributed by atoms with Crippen LogP contribution in [0.4, 0.5) is 11.4 Å². The smallest absolute Gasteiger partial charge is 0.0479 e. The molecule has 1 aromatic rings. The fourth-order valence-corrected chi connectivity index (χ4v) is 2.66. The lowest BCUT2D eigenvalue weighted by atomic mass is 10.00. The summed E-state index contributed by atoms with van der Waals surface area (Å²) in [4.78, 5) is 2.50. The maximum absolute atomic E-state index is 5.04. The van der Waals surface area contributed by atoms with E-state index in [4.69, 9.17) is 4.74 Å². The van der Waals surface area contributed by atoms with Crippen molar-refractivity contribution < 1.29 is 4.74 Å². The van der Waals surface area contributed by atoms with Crippen LogP contribution in [0.25, 0.3) is 0 Å². The minimum absolute atomic E-state index is 0.816. The van der Waals surface area contributed by atoms with Crippen LogP contribution in [0, 0.1) is 5.92 Å². The highest BCUT2D eigenvalue weighted by molar-refractivity contribution is 5.55. The largest absolute Gasteiger partial charge is 0.385 e. The zero-order valence-electron chi connectivity index (χ0n) is 12.2. The van der Waals surface area contributed by atoms with Crippen molar-refractivity contribution in [1.29, 1.82) is 0 Å². The molecule has 3 nitrogen and oxygen atoms in total. The van der Waals surface area contributed by atoms with Gasteiger partial charge in [0, 0.05) is 44.7 Å². The molecule has 106 valence electrons. The second-order valence-electron chi connectivity index (χ2n) is 5.51. The third-order valence-electron chi connectivity index (χ3n) is 3.74. The summed E-state index contributed by atoms with van der Waals surface area (Å²) >= 11 is 0. The Morgan fingerprint density at radius 2 is 2.11 bits per heavy atom. The molecule has 1 N–H and O–H groups in total. The third-order valence-corrected chi connectivity index (χ3v) is 3.74. The summed E-state index contributed by atoms with van der Waals surface area (Å²) in [7, 11) is 1.74. The Bertz CT molecular complexity index is 364. The molecule has 1 atom stereocenters. The van der Waals surface area contributed by atoms with Gasteiger partial charge in [-0.15, -0.1) is 0 Å². The number of nitrogens with zero attached hydrogens (tertiary/aromatic N) is 1. The Hall–Kier alpha value is -1.22. The highest BCUT2D eigenvalue weighted by atomic mass is 16.5. The lowest BCUT2D eigenvalue weighted by molar-refractivity contribution is 0.198. The molecule has 19 heavy (non-hydrogen) atoms. The number of benzene rings is 1. The number of piperidine rings is 1. The molecule has 1 fully saturated rings. The second-order valence-corrected chi connectivity index (χ2v) is 5.51. The molecule has 0 amide bonds. The van der Waals surface area contributed by atoms with Gasteiger partial charge in [0.2, 0.25) is 0 Å². The summed E-state index contributed by atoms with van der Waals surface area (Å²) in [6.07, 6.45) is 3.73. The fraction of sp³-hybridized carbons (Fsp3) is 0.625. The minimum Gasteiger partial charge on any atom is -0.385 e. The first-order valence-electron chi connectivity index (χ1n) is 7.37. The van der Waals surface area contributed by atoms with E-state index in [-0.39, 0.29) is 0 Å². The van der Waals surface area contributed by atoms with Gasteiger partial charge in [-0.3, -0.25) is 0 Å². The number of methoxy groups -OCH3 is 1. The molecular weight excluding hydrogens is 236 g/mol. The number of ether oxygens (including phenoxy) is 1. The first-order chi connectivity index (χ1) is 9.29. The van der Waals surface area contributed by atoms with E-state index in [9.17, 15) is 0 Å². The quantitative estimate of drug-likeness (QED) is 0.796. The van der Waals surface area contributed by atoms with Crippen molar-refractivity contribution in [1.82, 2.24) is 0 Å². The van der Waals surface area contributed by atoms with E-state index >= 15 is 0 Å². The van der Waals surface area contributed by atoms with E-state index in [1.165, 1.54) is 37.3 Å². The van der Waals surface area contributed by atoms with Gasteiger partial charge in [0.25, 0.3) is 0 Å². The Kier molecular flexibility index (Phi) is 5.52. The number of anilines is 2. The topological polar surface area (TPSA) is 24.5 Å². The van der Waals surface area contributed by atoms with Crippen molar-refractivity contribution >= 4 is 11.4 Å². The van der Waals surface area contributed by atoms with Crippen molar-refractivity contribution in [2.45, 2.75) is 26.2 Å². The number of nitrogens with one attached hydrogen (secondary N) is 1. The molecule has 0 saturated carbocycles. The van der Waals surface area contributed by atoms with E-state index in [0.29, 0.717) is 0 Å². The van der Waals surface area contributed by atoms with Gasteiger partial charge in [0.05, 0.1) is 0 Å². The van der Waals surface area contributed by atoms with Crippen LogP contribution in [0.5, 0.6) is 0 Å². The Morgan fingerprint density at radius 3 is 2.79 bits per heavy atom. The molecule has 0 spiro atoms. The molecular formula is C16H26N2O. The number of hydrogen-bond donors (Lipinski definition) is 1. The molecule has 0 aromatic heterocycles. The van der Waals surface area contributed by atoms with Crippen LogP contribution >= 0.6 is 0 Å². The molecule has 1 heterocycles. The van der Waals surface area contributed by atoms with E-state index < -0.39 is 0 Å². The van der Waals surface area contributed by atoms with Crippen molar-refractivity contribution in [2.24, 2.45) is 5.92 Å². The van der Waals surface area contributed by atoms with Crippen LogP contribution in [0.1, 0.15) is 26.2 Å². The average molecular weight is 262 g/mol. The van der Waals surface area contributed by atoms with Crippen LogP contribution in [-0.4, -0.2) is 33.4 Å². The summed E-state index contributed by atoms with van der Waals surface area (Å²) < 4.78 is 5.04. The second kappa shape index (κ2) is 7.39. The van der Waals surface area contributed by atoms with Crippen LogP contribution in [0.2, 0.25) is 0 Å². The van der Waals surface area contributed by atoms with Gasteiger partial charge >= 0.3 is 0 Å². The van der Waals surface area contributed by atoms with Crippen LogP contribution in [0.3, 0.4) is 0 Å². The first-order valence-corrected chi connectivity index (χ1v) is 7.37. The minimum atomic E-state index is 0.816. The summed E-state index contributed by atoms with van der Waals surface area (Å²) in [5.41, 5.74) is 2.55. The normalized spacial score (nSPS) is 19.5. The molecule has 3 heteroatoms. The molecule has 1 unspecified atom stereocenters. The average Bonchev–Trinajstić information content (AvgIpc) is 2.44. The Labute approximate surface area is 116 Å². The van der Waals surface area contributed by atoms with E-state index in [1.807, 2.05) is 0 Å². The summed E-state index contributed by atoms with van der Waals surface area (Å²) in [6, 6.07) is 8.83. The lowest BCUT2D eigenvalue weighted by Gasteiger charge is -2.32. The lowest BCUT2D eigenvalue weighted by Crippen LogP contribution is -2.34. The molecule has 1 aliphatic rings. The van der Waals surface area contributed by atoms with Crippen molar-refractivity contribution in [3.05, 3.63) is 24.3 Å². The van der Waals surface area contributed by atoms with E-state index in [0.717, 1.165) is 25.5 Å². The van der Waals surface area contributed by atoms with Gasteiger partial charge in [0.1, 0.15) is 0 Å². The van der Waals surface area contributed by atoms with Crippen LogP contribution < -0.4 is 10.2 Å². The third kappa shape index (κ3) is 4.43. The van der Waals surface area contributed by atoms with Crippen molar-refractivity contribution in [3.8, 4) is 0 Å². The van der Waals surface area contributed by atoms with Crippen molar-refractivity contribution in [3.63, 3.8) is 0 Å². The molecule has 2 rings (SSSR count). The maximum Gasteiger partial charge on any atom is 0.0479 e. The number of hydrogen-bond acceptors (Lipinski definition) is 3. The predicted octanol–water partition coefficient (Wildman–Crippen LogP) is 3.37. The summed E-state index contributed by atoms with van der Waals surface area (Å²) in [6.45, 7) is 6.52. The predicted molar refractivity (Wildman–Crippen MR) is 82.0 cm³/mol. The van der Waals surface area contributed by atoms with Crippen LogP contribution in [0.15, 0.2) is 24.3 Å². The highest BCUT2D eigenvalue weighted by Gasteiger charge is 2.16. The first kappa shape index (κ1) is 14.2. The standard InChI is InChI=1S/C16H26N2O/c1-14-5-3-11-18(13-14)16-8-6-15(7-9-16)17-10-4-12-19-2/h6-9,14,17H,3-5,10-13H2,1-2H3. The summed E-state index contributed by atoms with van der Waals surface area (Å²) in [5, 5.41) is 3.42. The highest BCUT2D eigenvalue weighted by Crippen LogP contribution is 2.24. The molecule has 1 saturated heterocycles. The monoisotopic (exact) mass is 262 g/mol. The van der Waals surface area contributed by atoms with E-state index in [1.54, 1.807) is 7.11 Å². The van der Waals surface area contributed by atoms with E-state index in [2.05, 4.69) is 41.4 Å². The van der Waals surface area contributed by atoms with Gasteiger partial charge < -0.3 is 15.0 Å². The Balaban J connectivity index is 1.83. The van der Waals surface area contributed by atoms with Gasteiger partial charge in [-0.25, -0.2) is 0 Å². The van der Waals surface area contributed by atoms with Crippen molar-refractivity contribution in [2.75, 3.05) is 43.6 Å². The summed E-state index contributed by atoms with van der Waals surface area (Å²) in [5.74, 6) is 0.820. The molecule has 0 bridgehead atoms. The van der Waals surface area contributed by atoms with Gasteiger partial charge in [-0.05, 0) is 49.4 Å². The molecule has 1 aliphatic heterocycles. The van der Waals surface area contributed by atoms with Gasteiger partial charge in [0.15, 0.2) is 0 Å².